The molecular weight excluding hydrogens is 405 g/mol. The molecule has 0 spiro atoms. The summed E-state index contributed by atoms with van der Waals surface area (Å²) in [6, 6.07) is 12.2. The summed E-state index contributed by atoms with van der Waals surface area (Å²) in [5.74, 6) is 1.24. The fraction of sp³-hybridized carbons (Fsp3) is 0.348. The number of aryl methyl sites for hydroxylation is 3. The molecule has 1 aliphatic carbocycles. The molecule has 2 unspecified atom stereocenters. The van der Waals surface area contributed by atoms with Gasteiger partial charge in [-0.2, -0.15) is 0 Å². The van der Waals surface area contributed by atoms with Crippen molar-refractivity contribution < 1.29 is 14.2 Å². The Labute approximate surface area is 182 Å². The van der Waals surface area contributed by atoms with Crippen molar-refractivity contribution in [1.82, 2.24) is 14.9 Å². The van der Waals surface area contributed by atoms with Gasteiger partial charge in [-0.15, -0.1) is 12.4 Å². The average molecular weight is 432 g/mol. The van der Waals surface area contributed by atoms with E-state index in [9.17, 15) is 9.50 Å². The first kappa shape index (κ1) is 22.3. The lowest BCUT2D eigenvalue weighted by Crippen LogP contribution is -2.35. The van der Waals surface area contributed by atoms with E-state index in [1.54, 1.807) is 12.3 Å². The van der Waals surface area contributed by atoms with E-state index in [4.69, 9.17) is 4.74 Å². The minimum atomic E-state index is -0.709. The molecule has 30 heavy (non-hydrogen) atoms. The number of nitrogens with one attached hydrogen (secondary N) is 1. The lowest BCUT2D eigenvalue weighted by Gasteiger charge is -2.21. The molecule has 0 amide bonds. The van der Waals surface area contributed by atoms with Crippen LogP contribution in [0.2, 0.25) is 0 Å². The molecule has 5 nitrogen and oxygen atoms in total. The fourth-order valence-corrected chi connectivity index (χ4v) is 3.84. The molecule has 0 saturated carbocycles. The number of rotatable bonds is 8. The van der Waals surface area contributed by atoms with Crippen LogP contribution in [0.3, 0.4) is 0 Å². The Morgan fingerprint density at radius 1 is 1.20 bits per heavy atom. The Morgan fingerprint density at radius 2 is 2.03 bits per heavy atom. The third kappa shape index (κ3) is 5.19. The van der Waals surface area contributed by atoms with E-state index in [1.807, 2.05) is 29.9 Å². The van der Waals surface area contributed by atoms with Crippen molar-refractivity contribution in [2.24, 2.45) is 7.05 Å². The zero-order valence-electron chi connectivity index (χ0n) is 16.9. The molecule has 0 bridgehead atoms. The van der Waals surface area contributed by atoms with Gasteiger partial charge in [-0.1, -0.05) is 18.2 Å². The summed E-state index contributed by atoms with van der Waals surface area (Å²) in [5.41, 5.74) is 3.50. The van der Waals surface area contributed by atoms with E-state index < -0.39 is 6.10 Å². The van der Waals surface area contributed by atoms with Gasteiger partial charge in [0.25, 0.3) is 0 Å². The molecular formula is C23H27ClFN3O2. The largest absolute Gasteiger partial charge is 0.491 e. The molecule has 1 aromatic heterocycles. The van der Waals surface area contributed by atoms with Crippen LogP contribution in [-0.4, -0.2) is 33.9 Å². The van der Waals surface area contributed by atoms with E-state index in [0.717, 1.165) is 30.0 Å². The number of fused-ring (bicyclic) bond motifs is 1. The summed E-state index contributed by atoms with van der Waals surface area (Å²) in [6.07, 6.45) is 6.26. The number of hydrogen-bond donors (Lipinski definition) is 2. The van der Waals surface area contributed by atoms with Crippen LogP contribution >= 0.6 is 12.4 Å². The van der Waals surface area contributed by atoms with Gasteiger partial charge in [-0.05, 0) is 60.2 Å². The Bertz CT molecular complexity index is 979. The van der Waals surface area contributed by atoms with Crippen molar-refractivity contribution in [2.75, 3.05) is 13.2 Å². The van der Waals surface area contributed by atoms with Crippen molar-refractivity contribution in [3.05, 3.63) is 83.2 Å². The lowest BCUT2D eigenvalue weighted by molar-refractivity contribution is 0.104. The molecule has 4 rings (SSSR count). The van der Waals surface area contributed by atoms with E-state index in [1.165, 1.54) is 29.7 Å². The summed E-state index contributed by atoms with van der Waals surface area (Å²) in [7, 11) is 1.89. The predicted octanol–water partition coefficient (Wildman–Crippen LogP) is 3.59. The van der Waals surface area contributed by atoms with Crippen LogP contribution in [0, 0.1) is 5.82 Å². The van der Waals surface area contributed by atoms with E-state index in [0.29, 0.717) is 6.54 Å². The van der Waals surface area contributed by atoms with Crippen LogP contribution in [0.5, 0.6) is 5.75 Å². The summed E-state index contributed by atoms with van der Waals surface area (Å²) < 4.78 is 21.4. The third-order valence-electron chi connectivity index (χ3n) is 5.37. The van der Waals surface area contributed by atoms with Gasteiger partial charge in [0.15, 0.2) is 0 Å². The first-order chi connectivity index (χ1) is 14.1. The highest BCUT2D eigenvalue weighted by molar-refractivity contribution is 5.85. The highest BCUT2D eigenvalue weighted by atomic mass is 35.5. The minimum Gasteiger partial charge on any atom is -0.491 e. The summed E-state index contributed by atoms with van der Waals surface area (Å²) >= 11 is 0. The van der Waals surface area contributed by atoms with Crippen molar-refractivity contribution >= 4 is 12.4 Å². The first-order valence-electron chi connectivity index (χ1n) is 9.99. The number of halogens is 2. The van der Waals surface area contributed by atoms with Gasteiger partial charge in [0.1, 0.15) is 30.1 Å². The van der Waals surface area contributed by atoms with E-state index in [-0.39, 0.29) is 30.9 Å². The Balaban J connectivity index is 0.00000256. The zero-order valence-corrected chi connectivity index (χ0v) is 17.7. The van der Waals surface area contributed by atoms with Crippen LogP contribution in [-0.2, 0) is 19.9 Å². The van der Waals surface area contributed by atoms with Gasteiger partial charge >= 0.3 is 0 Å². The zero-order chi connectivity index (χ0) is 20.2. The van der Waals surface area contributed by atoms with Crippen LogP contribution in [0.25, 0.3) is 0 Å². The normalized spacial score (nSPS) is 14.6. The molecule has 0 fully saturated rings. The molecule has 2 atom stereocenters. The van der Waals surface area contributed by atoms with E-state index in [2.05, 4.69) is 22.4 Å². The second-order valence-electron chi connectivity index (χ2n) is 7.54. The summed E-state index contributed by atoms with van der Waals surface area (Å²) in [4.78, 5) is 4.39. The van der Waals surface area contributed by atoms with Gasteiger partial charge in [-0.3, -0.25) is 0 Å². The first-order valence-corrected chi connectivity index (χ1v) is 9.99. The molecule has 1 aliphatic rings. The molecule has 3 aromatic rings. The molecule has 2 aromatic carbocycles. The third-order valence-corrected chi connectivity index (χ3v) is 5.37. The Morgan fingerprint density at radius 3 is 2.80 bits per heavy atom. The van der Waals surface area contributed by atoms with Crippen LogP contribution in [0.15, 0.2) is 54.9 Å². The van der Waals surface area contributed by atoms with Crippen LogP contribution < -0.4 is 10.1 Å². The Hall–Kier alpha value is -2.41. The topological polar surface area (TPSA) is 59.3 Å². The standard InChI is InChI=1S/C23H26FN3O2.ClH/c1-27-11-10-25-23(27)22(18-6-3-7-19(24)12-18)26-14-20(28)15-29-21-9-8-16-4-2-5-17(16)13-21;/h3,6-13,20,22,26,28H,2,4-5,14-15H2,1H3;1H. The summed E-state index contributed by atoms with van der Waals surface area (Å²) in [5, 5.41) is 13.7. The number of aromatic nitrogens is 2. The van der Waals surface area contributed by atoms with Gasteiger partial charge < -0.3 is 19.7 Å². The minimum absolute atomic E-state index is 0. The Kier molecular flexibility index (Phi) is 7.48. The van der Waals surface area contributed by atoms with Gasteiger partial charge in [0.05, 0.1) is 6.04 Å². The van der Waals surface area contributed by atoms with E-state index >= 15 is 0 Å². The average Bonchev–Trinajstić information content (AvgIpc) is 3.35. The molecule has 2 N–H and O–H groups in total. The highest BCUT2D eigenvalue weighted by Crippen LogP contribution is 2.26. The van der Waals surface area contributed by atoms with Crippen molar-refractivity contribution in [3.8, 4) is 5.75 Å². The fourth-order valence-electron chi connectivity index (χ4n) is 3.84. The highest BCUT2D eigenvalue weighted by Gasteiger charge is 2.20. The second kappa shape index (κ2) is 10.1. The van der Waals surface area contributed by atoms with Crippen LogP contribution in [0.4, 0.5) is 4.39 Å². The van der Waals surface area contributed by atoms with Gasteiger partial charge in [0.2, 0.25) is 0 Å². The number of ether oxygens (including phenoxy) is 1. The smallest absolute Gasteiger partial charge is 0.130 e. The number of aliphatic hydroxyl groups is 1. The van der Waals surface area contributed by atoms with Gasteiger partial charge in [-0.25, -0.2) is 9.37 Å². The summed E-state index contributed by atoms with van der Waals surface area (Å²) in [6.45, 7) is 0.473. The SMILES string of the molecule is Cl.Cn1ccnc1C(NCC(O)COc1ccc2c(c1)CCC2)c1cccc(F)c1. The molecule has 7 heteroatoms. The molecule has 1 heterocycles. The lowest BCUT2D eigenvalue weighted by atomic mass is 10.1. The monoisotopic (exact) mass is 431 g/mol. The molecule has 0 radical (unpaired) electrons. The number of nitrogens with zero attached hydrogens (tertiary/aromatic N) is 2. The number of aliphatic hydroxyl groups excluding tert-OH is 1. The maximum Gasteiger partial charge on any atom is 0.130 e. The van der Waals surface area contributed by atoms with Crippen LogP contribution in [0.1, 0.15) is 35.0 Å². The van der Waals surface area contributed by atoms with Crippen molar-refractivity contribution in [3.63, 3.8) is 0 Å². The number of hydrogen-bond acceptors (Lipinski definition) is 4. The van der Waals surface area contributed by atoms with Crippen molar-refractivity contribution in [1.29, 1.82) is 0 Å². The molecule has 0 saturated heterocycles. The molecule has 160 valence electrons. The quantitative estimate of drug-likeness (QED) is 0.572. The maximum atomic E-state index is 13.7. The number of benzene rings is 2. The maximum absolute atomic E-state index is 13.7. The molecule has 0 aliphatic heterocycles. The predicted molar refractivity (Wildman–Crippen MR) is 117 cm³/mol. The van der Waals surface area contributed by atoms with Crippen molar-refractivity contribution in [2.45, 2.75) is 31.4 Å². The number of imidazole rings is 1. The second-order valence-corrected chi connectivity index (χ2v) is 7.54. The van der Waals surface area contributed by atoms with Gasteiger partial charge in [0, 0.05) is 26.0 Å².